The van der Waals surface area contributed by atoms with Gasteiger partial charge in [0.15, 0.2) is 0 Å². The van der Waals surface area contributed by atoms with E-state index in [0.717, 1.165) is 53.2 Å². The van der Waals surface area contributed by atoms with Crippen molar-refractivity contribution in [1.29, 1.82) is 0 Å². The number of nitrogens with one attached hydrogen (secondary N) is 2. The molecule has 0 saturated heterocycles. The fourth-order valence-electron chi connectivity index (χ4n) is 3.38. The number of rotatable bonds is 7. The van der Waals surface area contributed by atoms with Gasteiger partial charge in [0.1, 0.15) is 10.8 Å². The molecule has 0 fully saturated rings. The number of fused-ring (bicyclic) bond motifs is 1. The molecule has 3 amide bonds. The summed E-state index contributed by atoms with van der Waals surface area (Å²) in [5.41, 5.74) is 1.32. The Morgan fingerprint density at radius 2 is 1.84 bits per heavy atom. The Bertz CT molecular complexity index is 940. The van der Waals surface area contributed by atoms with Crippen LogP contribution in [-0.2, 0) is 22.4 Å². The molecule has 166 valence electrons. The van der Waals surface area contributed by atoms with Gasteiger partial charge in [-0.15, -0.1) is 23.1 Å². The van der Waals surface area contributed by atoms with Crippen molar-refractivity contribution in [3.63, 3.8) is 0 Å². The third kappa shape index (κ3) is 6.24. The summed E-state index contributed by atoms with van der Waals surface area (Å²) in [5, 5.41) is 5.66. The predicted octanol–water partition coefficient (Wildman–Crippen LogP) is 4.64. The summed E-state index contributed by atoms with van der Waals surface area (Å²) >= 11 is 2.83. The van der Waals surface area contributed by atoms with E-state index in [1.807, 2.05) is 24.3 Å². The lowest BCUT2D eigenvalue weighted by Crippen LogP contribution is -2.32. The number of anilines is 1. The highest BCUT2D eigenvalue weighted by Gasteiger charge is 2.27. The van der Waals surface area contributed by atoms with E-state index in [2.05, 4.69) is 10.6 Å². The topological polar surface area (TPSA) is 93.7 Å². The molecule has 0 unspecified atom stereocenters. The molecule has 7 nitrogen and oxygen atoms in total. The zero-order valence-electron chi connectivity index (χ0n) is 17.6. The van der Waals surface area contributed by atoms with Crippen LogP contribution < -0.4 is 15.4 Å². The number of methoxy groups -OCH3 is 1. The van der Waals surface area contributed by atoms with Gasteiger partial charge in [0.25, 0.3) is 5.91 Å². The number of thioether (sulfide) groups is 1. The molecule has 0 atom stereocenters. The summed E-state index contributed by atoms with van der Waals surface area (Å²) in [6.07, 6.45) is 3.97. The normalized spacial score (nSPS) is 13.0. The molecular weight excluding hydrogens is 436 g/mol. The van der Waals surface area contributed by atoms with Crippen molar-refractivity contribution < 1.29 is 23.9 Å². The molecule has 0 saturated carbocycles. The van der Waals surface area contributed by atoms with Crippen LogP contribution in [0.2, 0.25) is 0 Å². The Hall–Kier alpha value is -2.52. The summed E-state index contributed by atoms with van der Waals surface area (Å²) in [5.74, 6) is 0.220. The Kier molecular flexibility index (Phi) is 8.36. The van der Waals surface area contributed by atoms with Crippen LogP contribution in [0.3, 0.4) is 0 Å². The SMILES string of the molecule is CCOC(=O)NC(=O)c1c(NC(=O)CSc2ccc(OC)cc2)sc2c1CCCCC2. The summed E-state index contributed by atoms with van der Waals surface area (Å²) < 4.78 is 9.98. The molecule has 1 aromatic heterocycles. The zero-order valence-corrected chi connectivity index (χ0v) is 19.2. The summed E-state index contributed by atoms with van der Waals surface area (Å²) in [4.78, 5) is 39.3. The minimum Gasteiger partial charge on any atom is -0.497 e. The maximum Gasteiger partial charge on any atom is 0.414 e. The highest BCUT2D eigenvalue weighted by atomic mass is 32.2. The van der Waals surface area contributed by atoms with Gasteiger partial charge in [-0.3, -0.25) is 14.9 Å². The van der Waals surface area contributed by atoms with Gasteiger partial charge in [-0.2, -0.15) is 0 Å². The van der Waals surface area contributed by atoms with Crippen LogP contribution in [-0.4, -0.2) is 37.4 Å². The molecule has 1 aliphatic rings. The molecule has 1 aromatic carbocycles. The van der Waals surface area contributed by atoms with E-state index in [4.69, 9.17) is 9.47 Å². The lowest BCUT2D eigenvalue weighted by molar-refractivity contribution is -0.113. The Labute approximate surface area is 189 Å². The van der Waals surface area contributed by atoms with Gasteiger partial charge in [0.2, 0.25) is 5.91 Å². The number of hydrogen-bond acceptors (Lipinski definition) is 7. The highest BCUT2D eigenvalue weighted by Crippen LogP contribution is 2.37. The van der Waals surface area contributed by atoms with Crippen molar-refractivity contribution in [2.45, 2.75) is 43.9 Å². The molecule has 1 aliphatic carbocycles. The average molecular weight is 463 g/mol. The number of amides is 3. The molecule has 0 aliphatic heterocycles. The molecule has 2 N–H and O–H groups in total. The average Bonchev–Trinajstić information content (AvgIpc) is 2.93. The number of thiophene rings is 1. The van der Waals surface area contributed by atoms with Crippen molar-refractivity contribution in [2.75, 3.05) is 24.8 Å². The van der Waals surface area contributed by atoms with Crippen molar-refractivity contribution >= 4 is 46.0 Å². The standard InChI is InChI=1S/C22H26N2O5S2/c1-3-29-22(27)24-20(26)19-16-7-5-4-6-8-17(16)31-21(19)23-18(25)13-30-15-11-9-14(28-2)10-12-15/h9-12H,3-8,13H2,1-2H3,(H,23,25)(H,24,26,27). The van der Waals surface area contributed by atoms with Gasteiger partial charge >= 0.3 is 6.09 Å². The number of imide groups is 1. The molecule has 3 rings (SSSR count). The lowest BCUT2D eigenvalue weighted by Gasteiger charge is -2.09. The molecule has 9 heteroatoms. The quantitative estimate of drug-likeness (QED) is 0.460. The first-order valence-electron chi connectivity index (χ1n) is 10.2. The van der Waals surface area contributed by atoms with Crippen LogP contribution in [0.5, 0.6) is 5.75 Å². The van der Waals surface area contributed by atoms with E-state index in [1.165, 1.54) is 23.1 Å². The number of carbonyl (C=O) groups is 3. The second kappa shape index (κ2) is 11.2. The predicted molar refractivity (Wildman–Crippen MR) is 122 cm³/mol. The minimum absolute atomic E-state index is 0.174. The summed E-state index contributed by atoms with van der Waals surface area (Å²) in [6.45, 7) is 1.85. The number of hydrogen-bond donors (Lipinski definition) is 2. The molecular formula is C22H26N2O5S2. The van der Waals surface area contributed by atoms with Gasteiger partial charge in [-0.05, 0) is 62.4 Å². The highest BCUT2D eigenvalue weighted by molar-refractivity contribution is 8.00. The van der Waals surface area contributed by atoms with Crippen molar-refractivity contribution in [3.05, 3.63) is 40.3 Å². The first kappa shape index (κ1) is 23.1. The number of ether oxygens (including phenoxy) is 2. The van der Waals surface area contributed by atoms with Crippen LogP contribution in [0, 0.1) is 0 Å². The fourth-order valence-corrected chi connectivity index (χ4v) is 5.38. The van der Waals surface area contributed by atoms with E-state index in [1.54, 1.807) is 14.0 Å². The first-order chi connectivity index (χ1) is 15.0. The molecule has 1 heterocycles. The van der Waals surface area contributed by atoms with Gasteiger partial charge in [-0.25, -0.2) is 4.79 Å². The number of aryl methyl sites for hydroxylation is 1. The maximum absolute atomic E-state index is 12.8. The fraction of sp³-hybridized carbons (Fsp3) is 0.409. The largest absolute Gasteiger partial charge is 0.497 e. The van der Waals surface area contributed by atoms with Gasteiger partial charge in [0.05, 0.1) is 25.0 Å². The van der Waals surface area contributed by atoms with E-state index in [9.17, 15) is 14.4 Å². The molecule has 2 aromatic rings. The number of benzene rings is 1. The number of alkyl carbamates (subject to hydrolysis) is 1. The van der Waals surface area contributed by atoms with Gasteiger partial charge < -0.3 is 14.8 Å². The Balaban J connectivity index is 1.73. The maximum atomic E-state index is 12.8. The van der Waals surface area contributed by atoms with Crippen LogP contribution in [0.15, 0.2) is 29.2 Å². The van der Waals surface area contributed by atoms with Crippen LogP contribution in [0.1, 0.15) is 47.0 Å². The van der Waals surface area contributed by atoms with Crippen LogP contribution in [0.25, 0.3) is 0 Å². The summed E-state index contributed by atoms with van der Waals surface area (Å²) in [6, 6.07) is 7.47. The zero-order chi connectivity index (χ0) is 22.2. The third-order valence-electron chi connectivity index (χ3n) is 4.82. The van der Waals surface area contributed by atoms with E-state index < -0.39 is 12.0 Å². The Morgan fingerprint density at radius 1 is 1.10 bits per heavy atom. The monoisotopic (exact) mass is 462 g/mol. The Morgan fingerprint density at radius 3 is 2.55 bits per heavy atom. The molecule has 0 bridgehead atoms. The summed E-state index contributed by atoms with van der Waals surface area (Å²) in [7, 11) is 1.61. The second-order valence-corrected chi connectivity index (χ2v) is 9.11. The number of carbonyl (C=O) groups excluding carboxylic acids is 3. The van der Waals surface area contributed by atoms with Crippen molar-refractivity contribution in [3.8, 4) is 5.75 Å². The van der Waals surface area contributed by atoms with Crippen molar-refractivity contribution in [2.24, 2.45) is 0 Å². The van der Waals surface area contributed by atoms with Crippen LogP contribution in [0.4, 0.5) is 9.80 Å². The van der Waals surface area contributed by atoms with Gasteiger partial charge in [-0.1, -0.05) is 6.42 Å². The van der Waals surface area contributed by atoms with E-state index in [0.29, 0.717) is 10.6 Å². The second-order valence-electron chi connectivity index (χ2n) is 6.96. The smallest absolute Gasteiger partial charge is 0.414 e. The van der Waals surface area contributed by atoms with E-state index in [-0.39, 0.29) is 18.3 Å². The third-order valence-corrected chi connectivity index (χ3v) is 7.04. The minimum atomic E-state index is -0.784. The molecule has 0 spiro atoms. The van der Waals surface area contributed by atoms with E-state index >= 15 is 0 Å². The first-order valence-corrected chi connectivity index (χ1v) is 12.0. The lowest BCUT2D eigenvalue weighted by atomic mass is 10.0. The molecule has 31 heavy (non-hydrogen) atoms. The van der Waals surface area contributed by atoms with Crippen molar-refractivity contribution in [1.82, 2.24) is 5.32 Å². The molecule has 0 radical (unpaired) electrons. The van der Waals surface area contributed by atoms with Gasteiger partial charge in [0, 0.05) is 9.77 Å². The van der Waals surface area contributed by atoms with Crippen LogP contribution >= 0.6 is 23.1 Å².